The number of hydrogen-bond donors (Lipinski definition) is 1. The van der Waals surface area contributed by atoms with Crippen molar-refractivity contribution in [3.63, 3.8) is 0 Å². The maximum Gasteiger partial charge on any atom is 0.253 e. The Balaban J connectivity index is 2.06. The van der Waals surface area contributed by atoms with Gasteiger partial charge in [0.1, 0.15) is 5.75 Å². The lowest BCUT2D eigenvalue weighted by atomic mass is 9.94. The molecule has 1 amide bonds. The van der Waals surface area contributed by atoms with Gasteiger partial charge in [0.15, 0.2) is 0 Å². The second-order valence-electron chi connectivity index (χ2n) is 4.91. The van der Waals surface area contributed by atoms with Crippen LogP contribution in [0, 0.1) is 5.92 Å². The van der Waals surface area contributed by atoms with Crippen molar-refractivity contribution < 1.29 is 9.53 Å². The molecule has 0 bridgehead atoms. The molecular formula is C14H20N2O2. The lowest BCUT2D eigenvalue weighted by molar-refractivity contribution is 0.0672. The van der Waals surface area contributed by atoms with E-state index in [1.54, 1.807) is 31.4 Å². The Hall–Kier alpha value is -1.55. The molecule has 0 aliphatic carbocycles. The Bertz CT molecular complexity index is 416. The van der Waals surface area contributed by atoms with Crippen LogP contribution in [0.4, 0.5) is 0 Å². The fourth-order valence-corrected chi connectivity index (χ4v) is 2.20. The predicted octanol–water partition coefficient (Wildman–Crippen LogP) is 1.50. The lowest BCUT2D eigenvalue weighted by Crippen LogP contribution is -2.49. The first-order valence-electron chi connectivity index (χ1n) is 6.30. The number of methoxy groups -OCH3 is 1. The van der Waals surface area contributed by atoms with Crippen LogP contribution in [-0.2, 0) is 0 Å². The molecule has 2 unspecified atom stereocenters. The zero-order valence-corrected chi connectivity index (χ0v) is 10.9. The van der Waals surface area contributed by atoms with E-state index in [1.165, 1.54) is 0 Å². The van der Waals surface area contributed by atoms with Crippen LogP contribution < -0.4 is 10.5 Å². The van der Waals surface area contributed by atoms with Crippen molar-refractivity contribution in [2.24, 2.45) is 11.7 Å². The molecule has 0 saturated carbocycles. The summed E-state index contributed by atoms with van der Waals surface area (Å²) in [5, 5.41) is 0. The molecular weight excluding hydrogens is 228 g/mol. The van der Waals surface area contributed by atoms with E-state index in [0.29, 0.717) is 18.0 Å². The van der Waals surface area contributed by atoms with Gasteiger partial charge in [-0.3, -0.25) is 4.79 Å². The number of ether oxygens (including phenoxy) is 1. The van der Waals surface area contributed by atoms with Crippen molar-refractivity contribution in [2.45, 2.75) is 19.4 Å². The number of carbonyl (C=O) groups excluding carboxylic acids is 1. The summed E-state index contributed by atoms with van der Waals surface area (Å²) in [6.45, 7) is 3.58. The van der Waals surface area contributed by atoms with Crippen LogP contribution in [-0.4, -0.2) is 37.0 Å². The molecule has 18 heavy (non-hydrogen) atoms. The molecule has 1 aromatic carbocycles. The first kappa shape index (κ1) is 12.9. The zero-order valence-electron chi connectivity index (χ0n) is 10.9. The molecule has 0 spiro atoms. The molecule has 98 valence electrons. The molecule has 0 aromatic heterocycles. The van der Waals surface area contributed by atoms with Gasteiger partial charge < -0.3 is 15.4 Å². The highest BCUT2D eigenvalue weighted by Crippen LogP contribution is 2.19. The Labute approximate surface area is 108 Å². The second kappa shape index (κ2) is 5.40. The number of piperidine rings is 1. The predicted molar refractivity (Wildman–Crippen MR) is 70.7 cm³/mol. The molecule has 1 aromatic rings. The van der Waals surface area contributed by atoms with Gasteiger partial charge >= 0.3 is 0 Å². The van der Waals surface area contributed by atoms with E-state index >= 15 is 0 Å². The largest absolute Gasteiger partial charge is 0.497 e. The summed E-state index contributed by atoms with van der Waals surface area (Å²) in [4.78, 5) is 14.1. The van der Waals surface area contributed by atoms with Crippen LogP contribution in [0.25, 0.3) is 0 Å². The normalized spacial score (nSPS) is 23.8. The van der Waals surface area contributed by atoms with E-state index in [9.17, 15) is 4.79 Å². The van der Waals surface area contributed by atoms with Crippen molar-refractivity contribution in [2.75, 3.05) is 20.2 Å². The summed E-state index contributed by atoms with van der Waals surface area (Å²) in [5.41, 5.74) is 6.71. The molecule has 1 aliphatic heterocycles. The maximum absolute atomic E-state index is 12.3. The van der Waals surface area contributed by atoms with Gasteiger partial charge in [-0.25, -0.2) is 0 Å². The van der Waals surface area contributed by atoms with E-state index in [1.807, 2.05) is 4.90 Å². The summed E-state index contributed by atoms with van der Waals surface area (Å²) < 4.78 is 5.08. The van der Waals surface area contributed by atoms with Crippen LogP contribution >= 0.6 is 0 Å². The molecule has 2 rings (SSSR count). The minimum Gasteiger partial charge on any atom is -0.497 e. The summed E-state index contributed by atoms with van der Waals surface area (Å²) in [6.07, 6.45) is 0.975. The van der Waals surface area contributed by atoms with E-state index < -0.39 is 0 Å². The SMILES string of the molecule is COc1ccc(C(=O)N2CCC(C)C(N)C2)cc1. The molecule has 1 fully saturated rings. The molecule has 1 saturated heterocycles. The average Bonchev–Trinajstić information content (AvgIpc) is 2.41. The molecule has 1 heterocycles. The van der Waals surface area contributed by atoms with Gasteiger partial charge in [0.2, 0.25) is 0 Å². The summed E-state index contributed by atoms with van der Waals surface area (Å²) >= 11 is 0. The molecule has 2 N–H and O–H groups in total. The number of rotatable bonds is 2. The van der Waals surface area contributed by atoms with Crippen LogP contribution in [0.5, 0.6) is 5.75 Å². The number of nitrogens with two attached hydrogens (primary N) is 1. The second-order valence-corrected chi connectivity index (χ2v) is 4.91. The van der Waals surface area contributed by atoms with E-state index in [4.69, 9.17) is 10.5 Å². The van der Waals surface area contributed by atoms with Gasteiger partial charge in [0, 0.05) is 24.7 Å². The van der Waals surface area contributed by atoms with Crippen molar-refractivity contribution >= 4 is 5.91 Å². The fraction of sp³-hybridized carbons (Fsp3) is 0.500. The highest BCUT2D eigenvalue weighted by atomic mass is 16.5. The average molecular weight is 248 g/mol. The van der Waals surface area contributed by atoms with Gasteiger partial charge in [0.25, 0.3) is 5.91 Å². The van der Waals surface area contributed by atoms with Gasteiger partial charge in [-0.15, -0.1) is 0 Å². The van der Waals surface area contributed by atoms with Gasteiger partial charge in [-0.2, -0.15) is 0 Å². The third-order valence-corrected chi connectivity index (χ3v) is 3.64. The quantitative estimate of drug-likeness (QED) is 0.863. The molecule has 4 heteroatoms. The van der Waals surface area contributed by atoms with Gasteiger partial charge in [0.05, 0.1) is 7.11 Å². The highest BCUT2D eigenvalue weighted by molar-refractivity contribution is 5.94. The Morgan fingerprint density at radius 1 is 1.39 bits per heavy atom. The standard InChI is InChI=1S/C14H20N2O2/c1-10-7-8-16(9-13(10)15)14(17)11-3-5-12(18-2)6-4-11/h3-6,10,13H,7-9,15H2,1-2H3. The zero-order chi connectivity index (χ0) is 13.1. The smallest absolute Gasteiger partial charge is 0.253 e. The number of likely N-dealkylation sites (tertiary alicyclic amines) is 1. The van der Waals surface area contributed by atoms with Crippen LogP contribution in [0.3, 0.4) is 0 Å². The number of carbonyl (C=O) groups is 1. The summed E-state index contributed by atoms with van der Waals surface area (Å²) in [5.74, 6) is 1.31. The van der Waals surface area contributed by atoms with Crippen LogP contribution in [0.15, 0.2) is 24.3 Å². The number of benzene rings is 1. The van der Waals surface area contributed by atoms with E-state index in [2.05, 4.69) is 6.92 Å². The van der Waals surface area contributed by atoms with E-state index in [0.717, 1.165) is 18.7 Å². The van der Waals surface area contributed by atoms with Crippen LogP contribution in [0.2, 0.25) is 0 Å². The third-order valence-electron chi connectivity index (χ3n) is 3.64. The molecule has 1 aliphatic rings. The first-order valence-corrected chi connectivity index (χ1v) is 6.30. The number of amides is 1. The first-order chi connectivity index (χ1) is 8.61. The fourth-order valence-electron chi connectivity index (χ4n) is 2.20. The van der Waals surface area contributed by atoms with Crippen molar-refractivity contribution in [3.05, 3.63) is 29.8 Å². The maximum atomic E-state index is 12.3. The monoisotopic (exact) mass is 248 g/mol. The minimum atomic E-state index is 0.0556. The molecule has 0 radical (unpaired) electrons. The van der Waals surface area contributed by atoms with E-state index in [-0.39, 0.29) is 11.9 Å². The molecule has 4 nitrogen and oxygen atoms in total. The summed E-state index contributed by atoms with van der Waals surface area (Å²) in [7, 11) is 1.61. The van der Waals surface area contributed by atoms with Crippen molar-refractivity contribution in [1.29, 1.82) is 0 Å². The van der Waals surface area contributed by atoms with Crippen molar-refractivity contribution in [3.8, 4) is 5.75 Å². The number of nitrogens with zero attached hydrogens (tertiary/aromatic N) is 1. The van der Waals surface area contributed by atoms with Crippen LogP contribution in [0.1, 0.15) is 23.7 Å². The highest BCUT2D eigenvalue weighted by Gasteiger charge is 2.26. The number of hydrogen-bond acceptors (Lipinski definition) is 3. The van der Waals surface area contributed by atoms with Crippen molar-refractivity contribution in [1.82, 2.24) is 4.90 Å². The Morgan fingerprint density at radius 2 is 2.06 bits per heavy atom. The summed E-state index contributed by atoms with van der Waals surface area (Å²) in [6, 6.07) is 7.29. The Kier molecular flexibility index (Phi) is 3.87. The minimum absolute atomic E-state index is 0.0556. The third kappa shape index (κ3) is 2.64. The topological polar surface area (TPSA) is 55.6 Å². The Morgan fingerprint density at radius 3 is 2.61 bits per heavy atom. The lowest BCUT2D eigenvalue weighted by Gasteiger charge is -2.35. The molecule has 2 atom stereocenters. The van der Waals surface area contributed by atoms with Gasteiger partial charge in [-0.05, 0) is 36.6 Å². The van der Waals surface area contributed by atoms with Gasteiger partial charge in [-0.1, -0.05) is 6.92 Å².